The second-order valence-electron chi connectivity index (χ2n) is 5.87. The summed E-state index contributed by atoms with van der Waals surface area (Å²) in [5.74, 6) is 2.57. The van der Waals surface area contributed by atoms with Crippen molar-refractivity contribution >= 4 is 11.6 Å². The highest BCUT2D eigenvalue weighted by Crippen LogP contribution is 2.37. The van der Waals surface area contributed by atoms with Gasteiger partial charge in [0.1, 0.15) is 5.65 Å². The van der Waals surface area contributed by atoms with E-state index >= 15 is 0 Å². The number of terminal acetylenes is 1. The van der Waals surface area contributed by atoms with Crippen molar-refractivity contribution in [3.05, 3.63) is 35.8 Å². The van der Waals surface area contributed by atoms with Crippen LogP contribution in [0.4, 0.5) is 0 Å². The number of nitrogens with zero attached hydrogens (tertiary/aromatic N) is 4. The fourth-order valence-electron chi connectivity index (χ4n) is 2.50. The van der Waals surface area contributed by atoms with Crippen molar-refractivity contribution in [3.63, 3.8) is 0 Å². The number of hydrogen-bond acceptors (Lipinski definition) is 4. The van der Waals surface area contributed by atoms with Crippen LogP contribution in [0.3, 0.4) is 0 Å². The molecule has 0 atom stereocenters. The van der Waals surface area contributed by atoms with E-state index in [2.05, 4.69) is 26.4 Å². The molecule has 0 aliphatic carbocycles. The van der Waals surface area contributed by atoms with Crippen molar-refractivity contribution in [1.29, 1.82) is 0 Å². The quantitative estimate of drug-likeness (QED) is 0.799. The van der Waals surface area contributed by atoms with E-state index in [1.807, 2.05) is 35.9 Å². The van der Waals surface area contributed by atoms with Gasteiger partial charge in [-0.2, -0.15) is 10.2 Å². The number of fused-ring (bicyclic) bond motifs is 1. The summed E-state index contributed by atoms with van der Waals surface area (Å²) >= 11 is 0. The second-order valence-corrected chi connectivity index (χ2v) is 5.87. The van der Waals surface area contributed by atoms with Gasteiger partial charge in [0.05, 0.1) is 12.2 Å². The topological polar surface area (TPSA) is 71.1 Å². The van der Waals surface area contributed by atoms with E-state index in [0.29, 0.717) is 25.8 Å². The molecule has 2 aromatic rings. The molecule has 0 aromatic carbocycles. The first-order valence-electron chi connectivity index (χ1n) is 7.69. The molecule has 1 amide bonds. The van der Waals surface area contributed by atoms with Crippen molar-refractivity contribution in [2.24, 2.45) is 10.2 Å². The average Bonchev–Trinajstić information content (AvgIpc) is 3.20. The number of aryl methyl sites for hydroxylation is 1. The number of pyridine rings is 1. The largest absolute Gasteiger partial charge is 0.350 e. The van der Waals surface area contributed by atoms with E-state index in [4.69, 9.17) is 6.42 Å². The molecule has 0 spiro atoms. The van der Waals surface area contributed by atoms with Crippen molar-refractivity contribution in [2.45, 2.75) is 44.8 Å². The molecule has 2 aromatic heterocycles. The van der Waals surface area contributed by atoms with Crippen LogP contribution in [-0.2, 0) is 11.3 Å². The minimum Gasteiger partial charge on any atom is -0.350 e. The van der Waals surface area contributed by atoms with Crippen LogP contribution in [-0.4, -0.2) is 21.0 Å². The number of rotatable bonds is 7. The number of amides is 1. The number of nitrogens with one attached hydrogen (secondary N) is 1. The first-order valence-corrected chi connectivity index (χ1v) is 7.69. The minimum absolute atomic E-state index is 0.0179. The molecule has 6 nitrogen and oxygen atoms in total. The van der Waals surface area contributed by atoms with Gasteiger partial charge < -0.3 is 9.72 Å². The Kier molecular flexibility index (Phi) is 4.11. The highest BCUT2D eigenvalue weighted by atomic mass is 16.1. The maximum atomic E-state index is 12.0. The Balaban J connectivity index is 1.47. The highest BCUT2D eigenvalue weighted by molar-refractivity contribution is 5.76. The molecule has 0 saturated heterocycles. The zero-order chi connectivity index (χ0) is 16.3. The molecule has 0 saturated carbocycles. The van der Waals surface area contributed by atoms with Gasteiger partial charge in [0.15, 0.2) is 5.66 Å². The molecule has 0 radical (unpaired) electrons. The predicted octanol–water partition coefficient (Wildman–Crippen LogP) is 2.61. The summed E-state index contributed by atoms with van der Waals surface area (Å²) in [4.78, 5) is 16.4. The lowest BCUT2D eigenvalue weighted by Gasteiger charge is -2.08. The Morgan fingerprint density at radius 3 is 2.91 bits per heavy atom. The fraction of sp³-hybridized carbons (Fsp3) is 0.412. The zero-order valence-electron chi connectivity index (χ0n) is 13.1. The first kappa shape index (κ1) is 15.2. The molecule has 3 rings (SSSR count). The van der Waals surface area contributed by atoms with Crippen LogP contribution in [0.25, 0.3) is 5.65 Å². The Labute approximate surface area is 135 Å². The number of carbonyl (C=O) groups is 1. The summed E-state index contributed by atoms with van der Waals surface area (Å²) in [6, 6.07) is 3.98. The Hall–Kier alpha value is -2.68. The highest BCUT2D eigenvalue weighted by Gasteiger charge is 2.39. The van der Waals surface area contributed by atoms with Crippen LogP contribution in [0.5, 0.6) is 0 Å². The summed E-state index contributed by atoms with van der Waals surface area (Å²) in [5, 5.41) is 11.0. The van der Waals surface area contributed by atoms with E-state index in [1.54, 1.807) is 0 Å². The lowest BCUT2D eigenvalue weighted by molar-refractivity contribution is -0.121. The van der Waals surface area contributed by atoms with Gasteiger partial charge in [0.25, 0.3) is 0 Å². The summed E-state index contributed by atoms with van der Waals surface area (Å²) in [6.07, 6.45) is 11.6. The Morgan fingerprint density at radius 2 is 2.17 bits per heavy atom. The molecule has 6 heteroatoms. The molecular weight excluding hydrogens is 290 g/mol. The van der Waals surface area contributed by atoms with Crippen LogP contribution >= 0.6 is 0 Å². The summed E-state index contributed by atoms with van der Waals surface area (Å²) < 4.78 is 1.97. The van der Waals surface area contributed by atoms with Gasteiger partial charge in [0, 0.05) is 38.1 Å². The molecule has 1 aliphatic rings. The molecular formula is C17H19N5O. The van der Waals surface area contributed by atoms with E-state index in [9.17, 15) is 4.79 Å². The molecule has 118 valence electrons. The Morgan fingerprint density at radius 1 is 1.35 bits per heavy atom. The average molecular weight is 309 g/mol. The summed E-state index contributed by atoms with van der Waals surface area (Å²) in [7, 11) is 0. The van der Waals surface area contributed by atoms with Crippen molar-refractivity contribution < 1.29 is 4.79 Å². The fourth-order valence-corrected chi connectivity index (χ4v) is 2.50. The van der Waals surface area contributed by atoms with E-state index in [0.717, 1.165) is 17.8 Å². The van der Waals surface area contributed by atoms with Crippen LogP contribution in [0.1, 0.15) is 36.9 Å². The standard InChI is InChI=1S/C17H19N5O/c1-3-4-8-17(20-21-17)9-7-16(23)18-10-14-12-22-11-13(2)5-6-15(22)19-14/h1,5-6,11-12H,4,7-10H2,2H3,(H,18,23). The minimum atomic E-state index is -0.398. The van der Waals surface area contributed by atoms with Gasteiger partial charge in [-0.15, -0.1) is 12.3 Å². The third-order valence-electron chi connectivity index (χ3n) is 3.92. The van der Waals surface area contributed by atoms with Crippen LogP contribution in [0.15, 0.2) is 34.8 Å². The van der Waals surface area contributed by atoms with Crippen molar-refractivity contribution in [1.82, 2.24) is 14.7 Å². The van der Waals surface area contributed by atoms with Gasteiger partial charge in [-0.05, 0) is 18.6 Å². The number of hydrogen-bond donors (Lipinski definition) is 1. The van der Waals surface area contributed by atoms with Gasteiger partial charge in [0.2, 0.25) is 5.91 Å². The second kappa shape index (κ2) is 6.21. The molecule has 0 bridgehead atoms. The SMILES string of the molecule is C#CCCC1(CCC(=O)NCc2cn3cc(C)ccc3n2)N=N1. The number of carbonyl (C=O) groups excluding carboxylic acids is 1. The van der Waals surface area contributed by atoms with E-state index < -0.39 is 5.66 Å². The zero-order valence-corrected chi connectivity index (χ0v) is 13.1. The third-order valence-corrected chi connectivity index (χ3v) is 3.92. The molecule has 3 heterocycles. The lowest BCUT2D eigenvalue weighted by atomic mass is 10.0. The van der Waals surface area contributed by atoms with Gasteiger partial charge in [-0.3, -0.25) is 4.79 Å². The van der Waals surface area contributed by atoms with Gasteiger partial charge >= 0.3 is 0 Å². The van der Waals surface area contributed by atoms with Crippen LogP contribution < -0.4 is 5.32 Å². The predicted molar refractivity (Wildman–Crippen MR) is 86.7 cm³/mol. The first-order chi connectivity index (χ1) is 11.1. The maximum absolute atomic E-state index is 12.0. The Bertz CT molecular complexity index is 793. The van der Waals surface area contributed by atoms with Gasteiger partial charge in [-0.25, -0.2) is 4.98 Å². The molecule has 0 fully saturated rings. The van der Waals surface area contributed by atoms with Crippen LogP contribution in [0.2, 0.25) is 0 Å². The molecule has 0 unspecified atom stereocenters. The summed E-state index contributed by atoms with van der Waals surface area (Å²) in [5.41, 5.74) is 2.49. The van der Waals surface area contributed by atoms with E-state index in [1.165, 1.54) is 5.56 Å². The van der Waals surface area contributed by atoms with Crippen LogP contribution in [0, 0.1) is 19.3 Å². The van der Waals surface area contributed by atoms with Crippen molar-refractivity contribution in [3.8, 4) is 12.3 Å². The van der Waals surface area contributed by atoms with Crippen molar-refractivity contribution in [2.75, 3.05) is 0 Å². The van der Waals surface area contributed by atoms with E-state index in [-0.39, 0.29) is 5.91 Å². The lowest BCUT2D eigenvalue weighted by Crippen LogP contribution is -2.25. The summed E-state index contributed by atoms with van der Waals surface area (Å²) in [6.45, 7) is 2.45. The molecule has 1 N–H and O–H groups in total. The molecule has 1 aliphatic heterocycles. The number of aromatic nitrogens is 2. The molecule has 23 heavy (non-hydrogen) atoms. The third kappa shape index (κ3) is 3.75. The number of imidazole rings is 1. The van der Waals surface area contributed by atoms with Gasteiger partial charge in [-0.1, -0.05) is 6.07 Å². The monoisotopic (exact) mass is 309 g/mol. The smallest absolute Gasteiger partial charge is 0.220 e. The maximum Gasteiger partial charge on any atom is 0.220 e. The normalized spacial score (nSPS) is 14.6.